The van der Waals surface area contributed by atoms with E-state index < -0.39 is 17.5 Å². The molecule has 0 aliphatic heterocycles. The summed E-state index contributed by atoms with van der Waals surface area (Å²) >= 11 is 0. The quantitative estimate of drug-likeness (QED) is 0.737. The lowest BCUT2D eigenvalue weighted by molar-refractivity contribution is 0.448. The fourth-order valence-electron chi connectivity index (χ4n) is 2.38. The van der Waals surface area contributed by atoms with Gasteiger partial charge in [0.15, 0.2) is 17.5 Å². The normalized spacial score (nSPS) is 11.3. The van der Waals surface area contributed by atoms with Crippen LogP contribution in [0.1, 0.15) is 5.56 Å². The number of para-hydroxylation sites is 1. The number of aromatic nitrogens is 2. The fraction of sp³-hybridized carbons (Fsp3) is 0.133. The molecule has 3 aromatic rings. The largest absolute Gasteiger partial charge is 0.327 e. The minimum absolute atomic E-state index is 0.0874. The van der Waals surface area contributed by atoms with Gasteiger partial charge in [-0.2, -0.15) is 0 Å². The molecule has 1 heterocycles. The van der Waals surface area contributed by atoms with Crippen LogP contribution in [0.5, 0.6) is 0 Å². The Morgan fingerprint density at radius 3 is 2.57 bits per heavy atom. The Balaban J connectivity index is 2.31. The van der Waals surface area contributed by atoms with Crippen molar-refractivity contribution in [2.45, 2.75) is 6.54 Å². The van der Waals surface area contributed by atoms with Gasteiger partial charge in [-0.15, -0.1) is 0 Å². The van der Waals surface area contributed by atoms with E-state index in [-0.39, 0.29) is 17.9 Å². The number of aryl methyl sites for hydroxylation is 1. The minimum atomic E-state index is -1.50. The number of hydrogen-bond acceptors (Lipinski definition) is 2. The van der Waals surface area contributed by atoms with Gasteiger partial charge in [0.05, 0.1) is 16.6 Å². The molecule has 0 bridgehead atoms. The Bertz CT molecular complexity index is 840. The second kappa shape index (κ2) is 4.89. The highest BCUT2D eigenvalue weighted by atomic mass is 19.2. The fourth-order valence-corrected chi connectivity index (χ4v) is 2.38. The molecule has 0 amide bonds. The predicted octanol–water partition coefficient (Wildman–Crippen LogP) is 3.12. The Labute approximate surface area is 118 Å². The molecule has 0 saturated carbocycles. The highest BCUT2D eigenvalue weighted by Gasteiger charge is 2.19. The van der Waals surface area contributed by atoms with E-state index in [4.69, 9.17) is 5.73 Å². The summed E-state index contributed by atoms with van der Waals surface area (Å²) in [4.78, 5) is 4.34. The molecule has 3 nitrogen and oxygen atoms in total. The number of nitrogens with two attached hydrogens (primary N) is 1. The van der Waals surface area contributed by atoms with Crippen LogP contribution >= 0.6 is 0 Å². The van der Waals surface area contributed by atoms with Crippen molar-refractivity contribution in [3.8, 4) is 11.4 Å². The number of benzene rings is 2. The van der Waals surface area contributed by atoms with Crippen LogP contribution in [0.4, 0.5) is 13.2 Å². The number of fused-ring (bicyclic) bond motifs is 1. The number of hydrogen-bond donors (Lipinski definition) is 1. The number of rotatable bonds is 2. The van der Waals surface area contributed by atoms with Crippen LogP contribution in [0, 0.1) is 17.5 Å². The molecule has 0 unspecified atom stereocenters. The van der Waals surface area contributed by atoms with Gasteiger partial charge in [0.2, 0.25) is 0 Å². The molecule has 3 rings (SSSR count). The highest BCUT2D eigenvalue weighted by Crippen LogP contribution is 2.29. The van der Waals surface area contributed by atoms with Gasteiger partial charge >= 0.3 is 0 Å². The van der Waals surface area contributed by atoms with Crippen molar-refractivity contribution in [2.75, 3.05) is 0 Å². The molecule has 2 aromatic carbocycles. The van der Waals surface area contributed by atoms with Crippen LogP contribution in [0.2, 0.25) is 0 Å². The minimum Gasteiger partial charge on any atom is -0.327 e. The molecular weight excluding hydrogens is 279 g/mol. The molecule has 0 radical (unpaired) electrons. The highest BCUT2D eigenvalue weighted by molar-refractivity contribution is 5.83. The number of halogens is 3. The van der Waals surface area contributed by atoms with Crippen molar-refractivity contribution in [2.24, 2.45) is 12.8 Å². The van der Waals surface area contributed by atoms with Gasteiger partial charge in [-0.1, -0.05) is 12.1 Å². The van der Waals surface area contributed by atoms with Crippen LogP contribution < -0.4 is 5.73 Å². The average molecular weight is 291 g/mol. The van der Waals surface area contributed by atoms with Gasteiger partial charge in [-0.05, 0) is 23.8 Å². The van der Waals surface area contributed by atoms with E-state index >= 15 is 0 Å². The molecule has 0 fully saturated rings. The van der Waals surface area contributed by atoms with Gasteiger partial charge in [-0.3, -0.25) is 0 Å². The van der Waals surface area contributed by atoms with Crippen LogP contribution in [-0.2, 0) is 13.6 Å². The standard InChI is InChI=1S/C15H12F3N3/c1-21-11-4-2-3-8(7-19)14(11)20-15(21)9-5-6-10(16)13(18)12(9)17/h2-6H,7,19H2,1H3. The third-order valence-electron chi connectivity index (χ3n) is 3.49. The maximum absolute atomic E-state index is 13.9. The molecule has 108 valence electrons. The summed E-state index contributed by atoms with van der Waals surface area (Å²) in [7, 11) is 1.69. The maximum atomic E-state index is 13.9. The topological polar surface area (TPSA) is 43.8 Å². The number of nitrogens with zero attached hydrogens (tertiary/aromatic N) is 2. The van der Waals surface area contributed by atoms with Crippen molar-refractivity contribution in [3.63, 3.8) is 0 Å². The van der Waals surface area contributed by atoms with E-state index in [0.29, 0.717) is 5.52 Å². The van der Waals surface area contributed by atoms with Gasteiger partial charge in [0.25, 0.3) is 0 Å². The molecular formula is C15H12F3N3. The zero-order chi connectivity index (χ0) is 15.1. The molecule has 6 heteroatoms. The Kier molecular flexibility index (Phi) is 3.17. The van der Waals surface area contributed by atoms with Crippen molar-refractivity contribution in [1.29, 1.82) is 0 Å². The Morgan fingerprint density at radius 1 is 1.10 bits per heavy atom. The van der Waals surface area contributed by atoms with E-state index in [2.05, 4.69) is 4.98 Å². The third kappa shape index (κ3) is 1.99. The molecule has 0 atom stereocenters. The summed E-state index contributed by atoms with van der Waals surface area (Å²) in [6, 6.07) is 7.51. The predicted molar refractivity (Wildman–Crippen MR) is 73.9 cm³/mol. The van der Waals surface area contributed by atoms with Crippen molar-refractivity contribution >= 4 is 11.0 Å². The van der Waals surface area contributed by atoms with Gasteiger partial charge < -0.3 is 10.3 Å². The van der Waals surface area contributed by atoms with Crippen LogP contribution in [0.15, 0.2) is 30.3 Å². The lowest BCUT2D eigenvalue weighted by Gasteiger charge is -2.05. The SMILES string of the molecule is Cn1c(-c2ccc(F)c(F)c2F)nc2c(CN)cccc21. The first kappa shape index (κ1) is 13.6. The van der Waals surface area contributed by atoms with E-state index in [1.807, 2.05) is 18.2 Å². The van der Waals surface area contributed by atoms with Crippen molar-refractivity contribution in [1.82, 2.24) is 9.55 Å². The second-order valence-electron chi connectivity index (χ2n) is 4.71. The summed E-state index contributed by atoms with van der Waals surface area (Å²) in [5, 5.41) is 0. The van der Waals surface area contributed by atoms with E-state index in [9.17, 15) is 13.2 Å². The van der Waals surface area contributed by atoms with Gasteiger partial charge in [0, 0.05) is 13.6 Å². The van der Waals surface area contributed by atoms with Crippen LogP contribution in [-0.4, -0.2) is 9.55 Å². The summed E-state index contributed by atoms with van der Waals surface area (Å²) in [5.74, 6) is -3.75. The average Bonchev–Trinajstić information content (AvgIpc) is 2.82. The maximum Gasteiger partial charge on any atom is 0.195 e. The third-order valence-corrected chi connectivity index (χ3v) is 3.49. The Hall–Kier alpha value is -2.34. The van der Waals surface area contributed by atoms with Crippen LogP contribution in [0.25, 0.3) is 22.4 Å². The van der Waals surface area contributed by atoms with Gasteiger partial charge in [0.1, 0.15) is 5.82 Å². The zero-order valence-corrected chi connectivity index (χ0v) is 11.2. The second-order valence-corrected chi connectivity index (χ2v) is 4.71. The van der Waals surface area contributed by atoms with E-state index in [1.165, 1.54) is 6.07 Å². The molecule has 21 heavy (non-hydrogen) atoms. The van der Waals surface area contributed by atoms with Crippen molar-refractivity contribution in [3.05, 3.63) is 53.3 Å². The lowest BCUT2D eigenvalue weighted by Crippen LogP contribution is -1.99. The molecule has 0 aliphatic carbocycles. The summed E-state index contributed by atoms with van der Waals surface area (Å²) in [6.45, 7) is 0.286. The first-order chi connectivity index (χ1) is 10.0. The van der Waals surface area contributed by atoms with E-state index in [0.717, 1.165) is 17.1 Å². The number of imidazole rings is 1. The summed E-state index contributed by atoms with van der Waals surface area (Å²) in [5.41, 5.74) is 7.74. The molecule has 1 aromatic heterocycles. The van der Waals surface area contributed by atoms with E-state index in [1.54, 1.807) is 11.6 Å². The molecule has 0 spiro atoms. The van der Waals surface area contributed by atoms with Crippen LogP contribution in [0.3, 0.4) is 0 Å². The monoisotopic (exact) mass is 291 g/mol. The first-order valence-corrected chi connectivity index (χ1v) is 6.33. The zero-order valence-electron chi connectivity index (χ0n) is 11.2. The lowest BCUT2D eigenvalue weighted by atomic mass is 10.2. The van der Waals surface area contributed by atoms with Crippen molar-refractivity contribution < 1.29 is 13.2 Å². The van der Waals surface area contributed by atoms with Gasteiger partial charge in [-0.25, -0.2) is 18.2 Å². The first-order valence-electron chi connectivity index (χ1n) is 6.33. The molecule has 2 N–H and O–H groups in total. The Morgan fingerprint density at radius 2 is 1.86 bits per heavy atom. The summed E-state index contributed by atoms with van der Waals surface area (Å²) in [6.07, 6.45) is 0. The summed E-state index contributed by atoms with van der Waals surface area (Å²) < 4.78 is 42.0. The smallest absolute Gasteiger partial charge is 0.195 e. The molecule has 0 aliphatic rings. The molecule has 0 saturated heterocycles.